The lowest BCUT2D eigenvalue weighted by molar-refractivity contribution is -0.128. The van der Waals surface area contributed by atoms with Crippen LogP contribution in [0.3, 0.4) is 0 Å². The van der Waals surface area contributed by atoms with Crippen LogP contribution in [-0.4, -0.2) is 21.6 Å². The van der Waals surface area contributed by atoms with Crippen LogP contribution in [0.4, 0.5) is 0 Å². The number of nitrogens with zero attached hydrogens (tertiary/aromatic N) is 3. The fraction of sp³-hybridized carbons (Fsp3) is 0.375. The Balaban J connectivity index is 2.35. The molecule has 2 N–H and O–H groups in total. The summed E-state index contributed by atoms with van der Waals surface area (Å²) in [6, 6.07) is 14.4. The number of nitriles is 3. The molecule has 1 aromatic carbocycles. The molecule has 1 saturated heterocycles. The number of halogens is 1. The van der Waals surface area contributed by atoms with Crippen LogP contribution in [-0.2, 0) is 4.79 Å². The molecule has 1 aliphatic carbocycles. The highest BCUT2D eigenvalue weighted by atomic mass is 79.9. The van der Waals surface area contributed by atoms with Gasteiger partial charge in [-0.1, -0.05) is 46.3 Å². The van der Waals surface area contributed by atoms with E-state index in [9.17, 15) is 25.7 Å². The van der Waals surface area contributed by atoms with Crippen LogP contribution in [0.15, 0.2) is 30.3 Å². The maximum Gasteiger partial charge on any atom is 0.245 e. The summed E-state index contributed by atoms with van der Waals surface area (Å²) >= 11 is 3.36. The fourth-order valence-corrected chi connectivity index (χ4v) is 4.67. The van der Waals surface area contributed by atoms with E-state index in [0.29, 0.717) is 5.56 Å². The number of alkyl halides is 1. The predicted molar refractivity (Wildman–Crippen MR) is 81.3 cm³/mol. The summed E-state index contributed by atoms with van der Waals surface area (Å²) in [5, 5.41) is 42.4. The number of rotatable bonds is 1. The second-order valence-corrected chi connectivity index (χ2v) is 6.88. The molecule has 23 heavy (non-hydrogen) atoms. The molecule has 0 radical (unpaired) electrons. The van der Waals surface area contributed by atoms with Gasteiger partial charge in [-0.3, -0.25) is 4.79 Å². The first-order valence-corrected chi connectivity index (χ1v) is 7.80. The Labute approximate surface area is 141 Å². The quantitative estimate of drug-likeness (QED) is 0.721. The highest BCUT2D eigenvalue weighted by molar-refractivity contribution is 9.09. The van der Waals surface area contributed by atoms with Crippen LogP contribution < -0.4 is 5.32 Å². The molecule has 0 unspecified atom stereocenters. The number of carbonyl (C=O) groups excluding carboxylic acids is 1. The Morgan fingerprint density at radius 1 is 1.17 bits per heavy atom. The van der Waals surface area contributed by atoms with Crippen molar-refractivity contribution in [3.63, 3.8) is 0 Å². The molecule has 6 nitrogen and oxygen atoms in total. The molecular formula is C16H11BrN4O2. The molecule has 4 atom stereocenters. The van der Waals surface area contributed by atoms with Gasteiger partial charge >= 0.3 is 0 Å². The van der Waals surface area contributed by atoms with Crippen molar-refractivity contribution in [2.24, 2.45) is 10.8 Å². The summed E-state index contributed by atoms with van der Waals surface area (Å²) in [6.45, 7) is 0. The van der Waals surface area contributed by atoms with E-state index < -0.39 is 33.2 Å². The summed E-state index contributed by atoms with van der Waals surface area (Å²) in [5.74, 6) is -1.63. The van der Waals surface area contributed by atoms with E-state index in [0.717, 1.165) is 0 Å². The van der Waals surface area contributed by atoms with Gasteiger partial charge in [-0.25, -0.2) is 0 Å². The van der Waals surface area contributed by atoms with E-state index in [2.05, 4.69) is 21.2 Å². The third-order valence-electron chi connectivity index (χ3n) is 4.84. The Morgan fingerprint density at radius 3 is 2.30 bits per heavy atom. The number of aliphatic hydroxyl groups is 1. The van der Waals surface area contributed by atoms with Crippen LogP contribution in [0.1, 0.15) is 17.9 Å². The zero-order valence-corrected chi connectivity index (χ0v) is 13.4. The van der Waals surface area contributed by atoms with Crippen molar-refractivity contribution in [1.29, 1.82) is 15.8 Å². The van der Waals surface area contributed by atoms with Gasteiger partial charge in [0.25, 0.3) is 0 Å². The SMILES string of the molecule is N#CC1(C#N)[C@H](c2ccccc2)[C@@H](Br)[C@@]2(O)C[C@]1(C#N)C(=O)N2. The Bertz CT molecular complexity index is 792. The number of fused-ring (bicyclic) bond motifs is 2. The molecule has 1 amide bonds. The predicted octanol–water partition coefficient (Wildman–Crippen LogP) is 1.30. The second kappa shape index (κ2) is 4.80. The number of hydrogen-bond acceptors (Lipinski definition) is 5. The van der Waals surface area contributed by atoms with Crippen molar-refractivity contribution < 1.29 is 9.90 Å². The van der Waals surface area contributed by atoms with E-state index in [1.165, 1.54) is 0 Å². The van der Waals surface area contributed by atoms with Gasteiger partial charge in [0, 0.05) is 12.3 Å². The van der Waals surface area contributed by atoms with E-state index in [1.807, 2.05) is 18.2 Å². The maximum absolute atomic E-state index is 12.5. The van der Waals surface area contributed by atoms with E-state index in [-0.39, 0.29) is 6.42 Å². The van der Waals surface area contributed by atoms with Gasteiger partial charge in [-0.05, 0) is 5.56 Å². The van der Waals surface area contributed by atoms with E-state index >= 15 is 0 Å². The summed E-state index contributed by atoms with van der Waals surface area (Å²) in [4.78, 5) is 11.7. The van der Waals surface area contributed by atoms with E-state index in [4.69, 9.17) is 0 Å². The molecule has 7 heteroatoms. The van der Waals surface area contributed by atoms with Crippen LogP contribution in [0, 0.1) is 44.8 Å². The summed E-state index contributed by atoms with van der Waals surface area (Å²) in [6.07, 6.45) is -0.310. The molecule has 2 aliphatic rings. The summed E-state index contributed by atoms with van der Waals surface area (Å²) in [5.41, 5.74) is -4.92. The number of amides is 1. The molecule has 2 fully saturated rings. The topological polar surface area (TPSA) is 121 Å². The normalized spacial score (nSPS) is 37.1. The van der Waals surface area contributed by atoms with E-state index in [1.54, 1.807) is 30.3 Å². The highest BCUT2D eigenvalue weighted by Crippen LogP contribution is 2.63. The Morgan fingerprint density at radius 2 is 1.78 bits per heavy atom. The molecule has 1 aliphatic heterocycles. The van der Waals surface area contributed by atoms with Crippen molar-refractivity contribution in [3.05, 3.63) is 35.9 Å². The van der Waals surface area contributed by atoms with Gasteiger partial charge in [-0.15, -0.1) is 0 Å². The minimum atomic E-state index is -1.92. The van der Waals surface area contributed by atoms with Gasteiger partial charge in [0.15, 0.2) is 16.6 Å². The molecule has 1 heterocycles. The van der Waals surface area contributed by atoms with Gasteiger partial charge in [0.2, 0.25) is 5.91 Å². The van der Waals surface area contributed by atoms with Crippen LogP contribution in [0.25, 0.3) is 0 Å². The van der Waals surface area contributed by atoms with Crippen LogP contribution >= 0.6 is 15.9 Å². The molecule has 2 bridgehead atoms. The molecule has 3 rings (SSSR count). The second-order valence-electron chi connectivity index (χ2n) is 5.89. The van der Waals surface area contributed by atoms with Crippen LogP contribution in [0.5, 0.6) is 0 Å². The molecule has 114 valence electrons. The van der Waals surface area contributed by atoms with Crippen molar-refractivity contribution in [1.82, 2.24) is 5.32 Å². The number of benzene rings is 1. The van der Waals surface area contributed by atoms with Crippen molar-refractivity contribution in [2.75, 3.05) is 0 Å². The average molecular weight is 371 g/mol. The monoisotopic (exact) mass is 370 g/mol. The Hall–Kier alpha value is -2.40. The highest BCUT2D eigenvalue weighted by Gasteiger charge is 2.76. The van der Waals surface area contributed by atoms with Gasteiger partial charge < -0.3 is 10.4 Å². The smallest absolute Gasteiger partial charge is 0.245 e. The average Bonchev–Trinajstić information content (AvgIpc) is 2.82. The first-order chi connectivity index (χ1) is 10.9. The van der Waals surface area contributed by atoms with Crippen molar-refractivity contribution in [2.45, 2.75) is 22.9 Å². The van der Waals surface area contributed by atoms with Gasteiger partial charge in [-0.2, -0.15) is 15.8 Å². The maximum atomic E-state index is 12.5. The zero-order chi connectivity index (χ0) is 16.9. The standard InChI is InChI=1S/C16H11BrN4O2/c17-12-11(10-4-2-1-3-5-10)15(8-19,9-20)14(7-18)6-16(12,23)21-13(14)22/h1-5,11-12,23H,6H2,(H,21,22)/t11-,12-,14+,16+/m1/s1. The third kappa shape index (κ3) is 1.65. The van der Waals surface area contributed by atoms with Crippen molar-refractivity contribution in [3.8, 4) is 18.2 Å². The molecule has 0 spiro atoms. The lowest BCUT2D eigenvalue weighted by Crippen LogP contribution is -2.58. The Kier molecular flexibility index (Phi) is 3.23. The summed E-state index contributed by atoms with van der Waals surface area (Å²) in [7, 11) is 0. The molecule has 1 aromatic rings. The van der Waals surface area contributed by atoms with Gasteiger partial charge in [0.1, 0.15) is 0 Å². The van der Waals surface area contributed by atoms with Crippen LogP contribution in [0.2, 0.25) is 0 Å². The zero-order valence-electron chi connectivity index (χ0n) is 11.8. The fourth-order valence-electron chi connectivity index (χ4n) is 3.69. The molecule has 1 saturated carbocycles. The lowest BCUT2D eigenvalue weighted by Gasteiger charge is -2.47. The number of nitrogens with one attached hydrogen (secondary N) is 1. The molecule has 0 aromatic heterocycles. The number of carbonyl (C=O) groups is 1. The molecular weight excluding hydrogens is 360 g/mol. The lowest BCUT2D eigenvalue weighted by atomic mass is 9.51. The van der Waals surface area contributed by atoms with Gasteiger partial charge in [0.05, 0.1) is 23.0 Å². The summed E-state index contributed by atoms with van der Waals surface area (Å²) < 4.78 is 0. The van der Waals surface area contributed by atoms with Crippen molar-refractivity contribution >= 4 is 21.8 Å². The largest absolute Gasteiger partial charge is 0.370 e. The minimum absolute atomic E-state index is 0.310. The third-order valence-corrected chi connectivity index (χ3v) is 6.13. The minimum Gasteiger partial charge on any atom is -0.370 e. The first-order valence-electron chi connectivity index (χ1n) is 6.88. The number of hydrogen-bond donors (Lipinski definition) is 2. The first kappa shape index (κ1) is 15.5.